The summed E-state index contributed by atoms with van der Waals surface area (Å²) in [5.41, 5.74) is 1.55. The Morgan fingerprint density at radius 2 is 1.76 bits per heavy atom. The second-order valence-electron chi connectivity index (χ2n) is 4.30. The van der Waals surface area contributed by atoms with Gasteiger partial charge >= 0.3 is 12.3 Å². The van der Waals surface area contributed by atoms with Gasteiger partial charge in [0.05, 0.1) is 6.42 Å². The molecule has 6 heteroatoms. The molecule has 1 N–H and O–H groups in total. The van der Waals surface area contributed by atoms with E-state index in [1.807, 2.05) is 0 Å². The minimum atomic E-state index is -4.81. The highest BCUT2D eigenvalue weighted by Gasteiger charge is 2.31. The number of rotatable bonds is 4. The number of carbonyl (C=O) groups is 1. The lowest BCUT2D eigenvalue weighted by molar-refractivity contribution is -0.274. The maximum Gasteiger partial charge on any atom is 0.573 e. The monoisotopic (exact) mass is 296 g/mol. The summed E-state index contributed by atoms with van der Waals surface area (Å²) in [7, 11) is 0. The number of aliphatic carboxylic acids is 1. The molecule has 0 aliphatic carbocycles. The third-order valence-corrected chi connectivity index (χ3v) is 2.74. The molecule has 0 radical (unpaired) electrons. The number of benzene rings is 2. The highest BCUT2D eigenvalue weighted by atomic mass is 19.4. The van der Waals surface area contributed by atoms with Crippen LogP contribution in [0.25, 0.3) is 11.1 Å². The zero-order chi connectivity index (χ0) is 15.5. The molecule has 0 amide bonds. The van der Waals surface area contributed by atoms with Crippen LogP contribution in [0.2, 0.25) is 0 Å². The average molecular weight is 296 g/mol. The lowest BCUT2D eigenvalue weighted by atomic mass is 9.97. The smallest absolute Gasteiger partial charge is 0.481 e. The van der Waals surface area contributed by atoms with E-state index in [0.717, 1.165) is 11.6 Å². The van der Waals surface area contributed by atoms with Gasteiger partial charge in [0.15, 0.2) is 0 Å². The molecule has 2 aromatic carbocycles. The first-order valence-electron chi connectivity index (χ1n) is 6.01. The molecule has 21 heavy (non-hydrogen) atoms. The molecule has 2 rings (SSSR count). The molecule has 0 spiro atoms. The molecule has 3 nitrogen and oxygen atoms in total. The number of alkyl halides is 3. The molecule has 0 fully saturated rings. The highest BCUT2D eigenvalue weighted by molar-refractivity contribution is 5.77. The minimum absolute atomic E-state index is 0.260. The molecule has 0 atom stereocenters. The van der Waals surface area contributed by atoms with E-state index >= 15 is 0 Å². The van der Waals surface area contributed by atoms with E-state index in [0.29, 0.717) is 5.56 Å². The van der Waals surface area contributed by atoms with Crippen LogP contribution >= 0.6 is 0 Å². The molecule has 0 saturated carbocycles. The fraction of sp³-hybridized carbons (Fsp3) is 0.133. The summed E-state index contributed by atoms with van der Waals surface area (Å²) in [6.45, 7) is 0. The Balaban J connectivity index is 2.43. The van der Waals surface area contributed by atoms with Crippen LogP contribution in [0.15, 0.2) is 48.5 Å². The predicted octanol–water partition coefficient (Wildman–Crippen LogP) is 3.88. The molecule has 0 bridgehead atoms. The number of halogens is 3. The van der Waals surface area contributed by atoms with E-state index in [-0.39, 0.29) is 12.0 Å². The average Bonchev–Trinajstić information content (AvgIpc) is 2.37. The maximum atomic E-state index is 12.2. The first-order chi connectivity index (χ1) is 9.85. The van der Waals surface area contributed by atoms with E-state index in [1.165, 1.54) is 12.1 Å². The van der Waals surface area contributed by atoms with Crippen molar-refractivity contribution in [2.75, 3.05) is 0 Å². The van der Waals surface area contributed by atoms with Crippen LogP contribution in [0.4, 0.5) is 13.2 Å². The molecule has 0 aliphatic heterocycles. The molecular formula is C15H11F3O3. The zero-order valence-corrected chi connectivity index (χ0v) is 10.7. The summed E-state index contributed by atoms with van der Waals surface area (Å²) < 4.78 is 40.5. The van der Waals surface area contributed by atoms with Crippen molar-refractivity contribution < 1.29 is 27.8 Å². The molecule has 0 heterocycles. The van der Waals surface area contributed by atoms with Crippen molar-refractivity contribution in [2.45, 2.75) is 12.8 Å². The van der Waals surface area contributed by atoms with E-state index in [4.69, 9.17) is 5.11 Å². The fourth-order valence-corrected chi connectivity index (χ4v) is 1.98. The van der Waals surface area contributed by atoms with E-state index in [1.54, 1.807) is 30.3 Å². The number of ether oxygens (including phenoxy) is 1. The third kappa shape index (κ3) is 4.24. The predicted molar refractivity (Wildman–Crippen MR) is 69.9 cm³/mol. The van der Waals surface area contributed by atoms with Gasteiger partial charge in [0.2, 0.25) is 0 Å². The van der Waals surface area contributed by atoms with Crippen molar-refractivity contribution in [3.63, 3.8) is 0 Å². The Hall–Kier alpha value is -2.50. The van der Waals surface area contributed by atoms with E-state index in [9.17, 15) is 18.0 Å². The van der Waals surface area contributed by atoms with Gasteiger partial charge in [-0.25, -0.2) is 0 Å². The molecule has 110 valence electrons. The van der Waals surface area contributed by atoms with Gasteiger partial charge in [-0.15, -0.1) is 13.2 Å². The molecule has 0 saturated heterocycles. The van der Waals surface area contributed by atoms with Crippen molar-refractivity contribution in [3.8, 4) is 16.9 Å². The molecule has 0 aromatic heterocycles. The van der Waals surface area contributed by atoms with Gasteiger partial charge in [0.25, 0.3) is 0 Å². The lowest BCUT2D eigenvalue weighted by Crippen LogP contribution is -2.17. The summed E-state index contributed by atoms with van der Waals surface area (Å²) in [5.74, 6) is -1.56. The summed E-state index contributed by atoms with van der Waals surface area (Å²) in [6.07, 6.45) is -5.20. The molecular weight excluding hydrogens is 285 g/mol. The fourth-order valence-electron chi connectivity index (χ4n) is 1.98. The quantitative estimate of drug-likeness (QED) is 0.931. The van der Waals surface area contributed by atoms with E-state index in [2.05, 4.69) is 4.74 Å². The summed E-state index contributed by atoms with van der Waals surface area (Å²) in [5, 5.41) is 8.90. The normalized spacial score (nSPS) is 11.2. The minimum Gasteiger partial charge on any atom is -0.481 e. The van der Waals surface area contributed by atoms with Crippen LogP contribution in [0.3, 0.4) is 0 Å². The Labute approximate surface area is 118 Å². The van der Waals surface area contributed by atoms with Gasteiger partial charge < -0.3 is 9.84 Å². The van der Waals surface area contributed by atoms with Gasteiger partial charge in [0.1, 0.15) is 5.75 Å². The van der Waals surface area contributed by atoms with Gasteiger partial charge in [-0.1, -0.05) is 36.4 Å². The first kappa shape index (κ1) is 14.9. The van der Waals surface area contributed by atoms with Crippen molar-refractivity contribution in [2.24, 2.45) is 0 Å². The molecule has 2 aromatic rings. The standard InChI is InChI=1S/C15H11F3O3/c16-15(17,18)21-12-6-7-13(10-4-2-1-3-5-10)11(8-12)9-14(19)20/h1-8H,9H2,(H,19,20). The molecule has 0 unspecified atom stereocenters. The van der Waals surface area contributed by atoms with Crippen LogP contribution in [-0.2, 0) is 11.2 Å². The molecule has 0 aliphatic rings. The van der Waals surface area contributed by atoms with Crippen LogP contribution in [0.5, 0.6) is 5.75 Å². The van der Waals surface area contributed by atoms with Crippen molar-refractivity contribution in [1.82, 2.24) is 0 Å². The largest absolute Gasteiger partial charge is 0.573 e. The van der Waals surface area contributed by atoms with Crippen LogP contribution < -0.4 is 4.74 Å². The number of carboxylic acids is 1. The van der Waals surface area contributed by atoms with Gasteiger partial charge in [0, 0.05) is 0 Å². The second-order valence-corrected chi connectivity index (χ2v) is 4.30. The summed E-state index contributed by atoms with van der Waals surface area (Å²) >= 11 is 0. The second kappa shape index (κ2) is 5.87. The number of carboxylic acid groups (broad SMARTS) is 1. The van der Waals surface area contributed by atoms with Crippen molar-refractivity contribution in [3.05, 3.63) is 54.1 Å². The van der Waals surface area contributed by atoms with E-state index < -0.39 is 18.1 Å². The Morgan fingerprint density at radius 1 is 1.10 bits per heavy atom. The van der Waals surface area contributed by atoms with Crippen LogP contribution in [0.1, 0.15) is 5.56 Å². The Bertz CT molecular complexity index is 636. The van der Waals surface area contributed by atoms with Crippen molar-refractivity contribution in [1.29, 1.82) is 0 Å². The number of hydrogen-bond donors (Lipinski definition) is 1. The summed E-state index contributed by atoms with van der Waals surface area (Å²) in [6, 6.07) is 12.5. The Kier molecular flexibility index (Phi) is 4.16. The van der Waals surface area contributed by atoms with Crippen molar-refractivity contribution >= 4 is 5.97 Å². The zero-order valence-electron chi connectivity index (χ0n) is 10.7. The highest BCUT2D eigenvalue weighted by Crippen LogP contribution is 2.30. The first-order valence-corrected chi connectivity index (χ1v) is 6.01. The maximum absolute atomic E-state index is 12.2. The van der Waals surface area contributed by atoms with Gasteiger partial charge in [-0.3, -0.25) is 4.79 Å². The lowest BCUT2D eigenvalue weighted by Gasteiger charge is -2.13. The van der Waals surface area contributed by atoms with Gasteiger partial charge in [-0.2, -0.15) is 0 Å². The SMILES string of the molecule is O=C(O)Cc1cc(OC(F)(F)F)ccc1-c1ccccc1. The topological polar surface area (TPSA) is 46.5 Å². The van der Waals surface area contributed by atoms with Crippen LogP contribution in [0, 0.1) is 0 Å². The Morgan fingerprint density at radius 3 is 2.33 bits per heavy atom. The van der Waals surface area contributed by atoms with Gasteiger partial charge in [-0.05, 0) is 28.8 Å². The number of hydrogen-bond acceptors (Lipinski definition) is 2. The third-order valence-electron chi connectivity index (χ3n) is 2.74. The van der Waals surface area contributed by atoms with Crippen LogP contribution in [-0.4, -0.2) is 17.4 Å². The summed E-state index contributed by atoms with van der Waals surface area (Å²) in [4.78, 5) is 10.9.